The molecule has 3 rings (SSSR count). The molecule has 2 N–H and O–H groups in total. The Morgan fingerprint density at radius 2 is 1.90 bits per heavy atom. The van der Waals surface area contributed by atoms with Crippen LogP contribution in [0, 0.1) is 13.8 Å². The fraction of sp³-hybridized carbons (Fsp3) is 0.188. The van der Waals surface area contributed by atoms with Crippen LogP contribution in [0.15, 0.2) is 42.6 Å². The van der Waals surface area contributed by atoms with Crippen LogP contribution >= 0.6 is 0 Å². The third-order valence-electron chi connectivity index (χ3n) is 3.46. The molecular formula is C16H17N3O. The molecule has 0 aliphatic carbocycles. The number of nitrogens with zero attached hydrogens (tertiary/aromatic N) is 2. The average Bonchev–Trinajstić information content (AvgIpc) is 2.75. The Balaban J connectivity index is 1.87. The number of benzene rings is 1. The van der Waals surface area contributed by atoms with Gasteiger partial charge in [-0.2, -0.15) is 0 Å². The number of anilines is 1. The Hall–Kier alpha value is -2.49. The van der Waals surface area contributed by atoms with Gasteiger partial charge >= 0.3 is 0 Å². The van der Waals surface area contributed by atoms with Gasteiger partial charge in [-0.05, 0) is 43.7 Å². The lowest BCUT2D eigenvalue weighted by Gasteiger charge is -2.08. The van der Waals surface area contributed by atoms with E-state index < -0.39 is 0 Å². The quantitative estimate of drug-likeness (QED) is 0.742. The van der Waals surface area contributed by atoms with Crippen molar-refractivity contribution in [3.8, 4) is 5.75 Å². The van der Waals surface area contributed by atoms with Crippen molar-refractivity contribution in [2.45, 2.75) is 20.5 Å². The highest BCUT2D eigenvalue weighted by Gasteiger charge is 2.09. The van der Waals surface area contributed by atoms with Crippen molar-refractivity contribution in [1.29, 1.82) is 0 Å². The van der Waals surface area contributed by atoms with E-state index >= 15 is 0 Å². The smallest absolute Gasteiger partial charge is 0.180 e. The van der Waals surface area contributed by atoms with E-state index in [-0.39, 0.29) is 0 Å². The van der Waals surface area contributed by atoms with Crippen LogP contribution in [0.2, 0.25) is 0 Å². The Bertz CT molecular complexity index is 744. The second kappa shape index (κ2) is 4.89. The van der Waals surface area contributed by atoms with Crippen LogP contribution in [-0.4, -0.2) is 9.38 Å². The summed E-state index contributed by atoms with van der Waals surface area (Å²) in [5.74, 6) is 0.792. The molecule has 2 aromatic heterocycles. The van der Waals surface area contributed by atoms with Gasteiger partial charge < -0.3 is 14.9 Å². The van der Waals surface area contributed by atoms with Crippen LogP contribution in [0.4, 0.5) is 5.69 Å². The predicted octanol–water partition coefficient (Wildman–Crippen LogP) is 3.11. The van der Waals surface area contributed by atoms with Gasteiger partial charge in [-0.15, -0.1) is 0 Å². The van der Waals surface area contributed by atoms with Crippen molar-refractivity contribution >= 4 is 11.3 Å². The maximum Gasteiger partial charge on any atom is 0.180 e. The molecule has 0 saturated carbocycles. The molecule has 0 bridgehead atoms. The lowest BCUT2D eigenvalue weighted by atomic mass is 10.2. The van der Waals surface area contributed by atoms with E-state index in [9.17, 15) is 0 Å². The SMILES string of the molecule is Cc1nc2c(OCc3ccc(N)cc3)cccn2c1C. The van der Waals surface area contributed by atoms with Crippen molar-refractivity contribution in [3.63, 3.8) is 0 Å². The van der Waals surface area contributed by atoms with Gasteiger partial charge in [0.05, 0.1) is 5.69 Å². The van der Waals surface area contributed by atoms with Crippen LogP contribution in [-0.2, 0) is 6.61 Å². The Kier molecular flexibility index (Phi) is 3.06. The van der Waals surface area contributed by atoms with Crippen LogP contribution in [0.3, 0.4) is 0 Å². The third kappa shape index (κ3) is 2.20. The number of ether oxygens (including phenoxy) is 1. The largest absolute Gasteiger partial charge is 0.485 e. The minimum atomic E-state index is 0.505. The summed E-state index contributed by atoms with van der Waals surface area (Å²) in [6, 6.07) is 11.6. The molecule has 0 aliphatic rings. The van der Waals surface area contributed by atoms with E-state index in [0.29, 0.717) is 6.61 Å². The van der Waals surface area contributed by atoms with Crippen LogP contribution in [0.25, 0.3) is 5.65 Å². The molecule has 3 aromatic rings. The zero-order valence-electron chi connectivity index (χ0n) is 11.6. The lowest BCUT2D eigenvalue weighted by Crippen LogP contribution is -1.98. The predicted molar refractivity (Wildman–Crippen MR) is 79.9 cm³/mol. The Labute approximate surface area is 117 Å². The first kappa shape index (κ1) is 12.5. The molecule has 0 unspecified atom stereocenters. The fourth-order valence-electron chi connectivity index (χ4n) is 2.16. The first-order valence-corrected chi connectivity index (χ1v) is 6.56. The molecule has 4 nitrogen and oxygen atoms in total. The zero-order chi connectivity index (χ0) is 14.1. The summed E-state index contributed by atoms with van der Waals surface area (Å²) in [6.07, 6.45) is 2.00. The molecular weight excluding hydrogens is 250 g/mol. The highest BCUT2D eigenvalue weighted by Crippen LogP contribution is 2.22. The summed E-state index contributed by atoms with van der Waals surface area (Å²) >= 11 is 0. The molecule has 0 amide bonds. The van der Waals surface area contributed by atoms with Crippen LogP contribution < -0.4 is 10.5 Å². The number of hydrogen-bond acceptors (Lipinski definition) is 3. The molecule has 102 valence electrons. The van der Waals surface area contributed by atoms with Gasteiger partial charge in [0.25, 0.3) is 0 Å². The maximum absolute atomic E-state index is 5.89. The molecule has 0 radical (unpaired) electrons. The summed E-state index contributed by atoms with van der Waals surface area (Å²) in [7, 11) is 0. The number of rotatable bonds is 3. The number of imidazole rings is 1. The van der Waals surface area contributed by atoms with Crippen molar-refractivity contribution in [1.82, 2.24) is 9.38 Å². The van der Waals surface area contributed by atoms with E-state index in [1.165, 1.54) is 0 Å². The number of hydrogen-bond donors (Lipinski definition) is 1. The van der Waals surface area contributed by atoms with Gasteiger partial charge in [0, 0.05) is 17.6 Å². The van der Waals surface area contributed by atoms with E-state index in [4.69, 9.17) is 10.5 Å². The first-order valence-electron chi connectivity index (χ1n) is 6.56. The monoisotopic (exact) mass is 267 g/mol. The molecule has 0 aliphatic heterocycles. The summed E-state index contributed by atoms with van der Waals surface area (Å²) in [5, 5.41) is 0. The van der Waals surface area contributed by atoms with Crippen molar-refractivity contribution in [2.75, 3.05) is 5.73 Å². The summed E-state index contributed by atoms with van der Waals surface area (Å²) in [4.78, 5) is 4.56. The normalized spacial score (nSPS) is 10.9. The van der Waals surface area contributed by atoms with Gasteiger partial charge in [-0.1, -0.05) is 12.1 Å². The number of fused-ring (bicyclic) bond motifs is 1. The zero-order valence-corrected chi connectivity index (χ0v) is 11.6. The minimum absolute atomic E-state index is 0.505. The molecule has 20 heavy (non-hydrogen) atoms. The van der Waals surface area contributed by atoms with Gasteiger partial charge in [-0.25, -0.2) is 4.98 Å². The average molecular weight is 267 g/mol. The summed E-state index contributed by atoms with van der Waals surface area (Å²) < 4.78 is 7.94. The number of pyridine rings is 1. The number of aryl methyl sites for hydroxylation is 2. The van der Waals surface area contributed by atoms with Crippen LogP contribution in [0.5, 0.6) is 5.75 Å². The second-order valence-corrected chi connectivity index (χ2v) is 4.88. The number of aromatic nitrogens is 2. The van der Waals surface area contributed by atoms with E-state index in [0.717, 1.165) is 34.0 Å². The lowest BCUT2D eigenvalue weighted by molar-refractivity contribution is 0.308. The van der Waals surface area contributed by atoms with Gasteiger partial charge in [0.1, 0.15) is 6.61 Å². The summed E-state index contributed by atoms with van der Waals surface area (Å²) in [5.41, 5.74) is 10.5. The topological polar surface area (TPSA) is 52.5 Å². The van der Waals surface area contributed by atoms with Crippen molar-refractivity contribution < 1.29 is 4.74 Å². The molecule has 0 saturated heterocycles. The first-order chi connectivity index (χ1) is 9.65. The van der Waals surface area contributed by atoms with Crippen LogP contribution in [0.1, 0.15) is 17.0 Å². The summed E-state index contributed by atoms with van der Waals surface area (Å²) in [6.45, 7) is 4.57. The van der Waals surface area contributed by atoms with Crippen molar-refractivity contribution in [3.05, 3.63) is 59.5 Å². The van der Waals surface area contributed by atoms with E-state index in [2.05, 4.69) is 11.9 Å². The maximum atomic E-state index is 5.89. The highest BCUT2D eigenvalue weighted by molar-refractivity contribution is 5.56. The minimum Gasteiger partial charge on any atom is -0.485 e. The second-order valence-electron chi connectivity index (χ2n) is 4.88. The molecule has 0 fully saturated rings. The van der Waals surface area contributed by atoms with E-state index in [1.54, 1.807) is 0 Å². The van der Waals surface area contributed by atoms with Gasteiger partial charge in [0.15, 0.2) is 11.4 Å². The fourth-order valence-corrected chi connectivity index (χ4v) is 2.16. The number of nitrogens with two attached hydrogens (primary N) is 1. The molecule has 1 aromatic carbocycles. The Morgan fingerprint density at radius 3 is 2.65 bits per heavy atom. The standard InChI is InChI=1S/C16H17N3O/c1-11-12(2)19-9-3-4-15(16(19)18-11)20-10-13-5-7-14(17)8-6-13/h3-9H,10,17H2,1-2H3. The molecule has 0 atom stereocenters. The van der Waals surface area contributed by atoms with Gasteiger partial charge in [0.2, 0.25) is 0 Å². The Morgan fingerprint density at radius 1 is 1.15 bits per heavy atom. The molecule has 4 heteroatoms. The van der Waals surface area contributed by atoms with Crippen molar-refractivity contribution in [2.24, 2.45) is 0 Å². The number of nitrogen functional groups attached to an aromatic ring is 1. The molecule has 0 spiro atoms. The van der Waals surface area contributed by atoms with E-state index in [1.807, 2.05) is 53.9 Å². The third-order valence-corrected chi connectivity index (χ3v) is 3.46. The highest BCUT2D eigenvalue weighted by atomic mass is 16.5. The van der Waals surface area contributed by atoms with Gasteiger partial charge in [-0.3, -0.25) is 0 Å². The molecule has 2 heterocycles.